The predicted molar refractivity (Wildman–Crippen MR) is 63.2 cm³/mol. The molecule has 0 amide bonds. The van der Waals surface area contributed by atoms with Crippen LogP contribution in [-0.2, 0) is 10.1 Å². The predicted octanol–water partition coefficient (Wildman–Crippen LogP) is -0.964. The molecule has 0 aliphatic carbocycles. The van der Waals surface area contributed by atoms with Crippen molar-refractivity contribution in [1.29, 1.82) is 0 Å². The number of hydrogen-bond acceptors (Lipinski definition) is 4. The molecule has 0 radical (unpaired) electrons. The molecule has 0 aliphatic heterocycles. The quantitative estimate of drug-likeness (QED) is 0.434. The van der Waals surface area contributed by atoms with Crippen molar-refractivity contribution in [3.05, 3.63) is 0 Å². The van der Waals surface area contributed by atoms with E-state index in [2.05, 4.69) is 0 Å². The van der Waals surface area contributed by atoms with Crippen molar-refractivity contribution < 1.29 is 47.6 Å². The van der Waals surface area contributed by atoms with Crippen LogP contribution in [0, 0.1) is 0 Å². The molecule has 2 atom stereocenters. The van der Waals surface area contributed by atoms with Crippen LogP contribution in [0.3, 0.4) is 0 Å². The molecule has 6 heteroatoms. The van der Waals surface area contributed by atoms with E-state index in [0.29, 0.717) is 25.7 Å². The summed E-state index contributed by atoms with van der Waals surface area (Å²) in [6, 6.07) is 0. The Kier molecular flexibility index (Phi) is 12.8. The van der Waals surface area contributed by atoms with E-state index in [1.807, 2.05) is 13.8 Å². The van der Waals surface area contributed by atoms with E-state index in [0.717, 1.165) is 12.8 Å². The second kappa shape index (κ2) is 10.8. The fraction of sp³-hybridized carbons (Fsp3) is 1.00. The van der Waals surface area contributed by atoms with Gasteiger partial charge in [-0.3, -0.25) is 0 Å². The van der Waals surface area contributed by atoms with Crippen LogP contribution >= 0.6 is 0 Å². The molecule has 0 fully saturated rings. The molecule has 0 aliphatic rings. The van der Waals surface area contributed by atoms with Crippen molar-refractivity contribution in [1.82, 2.24) is 0 Å². The number of aliphatic hydroxyl groups excluding tert-OH is 1. The molecule has 4 nitrogen and oxygen atoms in total. The molecule has 17 heavy (non-hydrogen) atoms. The van der Waals surface area contributed by atoms with Gasteiger partial charge >= 0.3 is 29.6 Å². The van der Waals surface area contributed by atoms with Crippen LogP contribution in [0.5, 0.6) is 0 Å². The van der Waals surface area contributed by atoms with Gasteiger partial charge in [0.05, 0.1) is 16.2 Å². The van der Waals surface area contributed by atoms with Crippen molar-refractivity contribution in [2.45, 2.75) is 70.1 Å². The molecular formula is C11H23NaO4S. The summed E-state index contributed by atoms with van der Waals surface area (Å²) in [5.41, 5.74) is 0. The Hall–Kier alpha value is 0.870. The van der Waals surface area contributed by atoms with Crippen LogP contribution in [0.2, 0.25) is 0 Å². The summed E-state index contributed by atoms with van der Waals surface area (Å²) in [6.45, 7) is 3.89. The van der Waals surface area contributed by atoms with E-state index in [9.17, 15) is 18.1 Å². The van der Waals surface area contributed by atoms with Gasteiger partial charge in [-0.1, -0.05) is 33.1 Å². The zero-order chi connectivity index (χ0) is 12.6. The molecule has 0 spiro atoms. The van der Waals surface area contributed by atoms with E-state index < -0.39 is 21.5 Å². The maximum absolute atomic E-state index is 10.9. The third-order valence-electron chi connectivity index (χ3n) is 2.73. The average molecular weight is 274 g/mol. The van der Waals surface area contributed by atoms with E-state index in [1.54, 1.807) is 0 Å². The largest absolute Gasteiger partial charge is 1.00 e. The van der Waals surface area contributed by atoms with Crippen molar-refractivity contribution in [2.24, 2.45) is 0 Å². The smallest absolute Gasteiger partial charge is 0.748 e. The first-order chi connectivity index (χ1) is 7.41. The van der Waals surface area contributed by atoms with E-state index in [-0.39, 0.29) is 36.0 Å². The fourth-order valence-electron chi connectivity index (χ4n) is 1.72. The summed E-state index contributed by atoms with van der Waals surface area (Å²) in [5.74, 6) is 0. The molecule has 0 bridgehead atoms. The molecule has 2 unspecified atom stereocenters. The molecule has 0 saturated carbocycles. The van der Waals surface area contributed by atoms with Gasteiger partial charge in [-0.05, 0) is 25.7 Å². The standard InChI is InChI=1S/C11H24O4S.Na/c1-3-5-7-10(12)8-9-11(6-4-2)16(13,14)15;/h10-12H,3-9H2,1-2H3,(H,13,14,15);/q;+1/p-1. The van der Waals surface area contributed by atoms with Crippen LogP contribution in [0.15, 0.2) is 0 Å². The zero-order valence-corrected chi connectivity index (χ0v) is 14.0. The van der Waals surface area contributed by atoms with Gasteiger partial charge in [-0.25, -0.2) is 8.42 Å². The van der Waals surface area contributed by atoms with Crippen molar-refractivity contribution >= 4 is 10.1 Å². The third kappa shape index (κ3) is 10.5. The molecule has 0 heterocycles. The maximum atomic E-state index is 10.9. The molecule has 1 N–H and O–H groups in total. The first kappa shape index (κ1) is 20.2. The second-order valence-corrected chi connectivity index (χ2v) is 5.93. The molecule has 0 aromatic rings. The van der Waals surface area contributed by atoms with Gasteiger partial charge in [0.2, 0.25) is 0 Å². The Bertz CT molecular complexity index is 267. The summed E-state index contributed by atoms with van der Waals surface area (Å²) in [4.78, 5) is 0. The molecule has 0 rings (SSSR count). The van der Waals surface area contributed by atoms with Crippen molar-refractivity contribution in [3.63, 3.8) is 0 Å². The minimum Gasteiger partial charge on any atom is -0.748 e. The fourth-order valence-corrected chi connectivity index (χ4v) is 2.67. The van der Waals surface area contributed by atoms with E-state index in [4.69, 9.17) is 0 Å². The monoisotopic (exact) mass is 274 g/mol. The van der Waals surface area contributed by atoms with Crippen molar-refractivity contribution in [2.75, 3.05) is 0 Å². The van der Waals surface area contributed by atoms with Crippen LogP contribution in [0.25, 0.3) is 0 Å². The summed E-state index contributed by atoms with van der Waals surface area (Å²) in [5, 5.41) is 8.74. The Labute approximate surface area is 127 Å². The van der Waals surface area contributed by atoms with Gasteiger partial charge < -0.3 is 9.66 Å². The number of rotatable bonds is 9. The van der Waals surface area contributed by atoms with Gasteiger partial charge in [0.1, 0.15) is 0 Å². The molecule has 0 aromatic heterocycles. The minimum absolute atomic E-state index is 0. The van der Waals surface area contributed by atoms with E-state index in [1.165, 1.54) is 0 Å². The average Bonchev–Trinajstić information content (AvgIpc) is 2.19. The second-order valence-electron chi connectivity index (χ2n) is 4.28. The number of hydrogen-bond donors (Lipinski definition) is 1. The molecular weight excluding hydrogens is 251 g/mol. The zero-order valence-electron chi connectivity index (χ0n) is 11.2. The third-order valence-corrected chi connectivity index (χ3v) is 4.02. The number of aliphatic hydroxyl groups is 1. The van der Waals surface area contributed by atoms with Gasteiger partial charge in [0.25, 0.3) is 0 Å². The summed E-state index contributed by atoms with van der Waals surface area (Å²) < 4.78 is 32.7. The molecule has 0 saturated heterocycles. The SMILES string of the molecule is CCCCC(O)CCC(CCC)S(=O)(=O)[O-].[Na+]. The summed E-state index contributed by atoms with van der Waals surface area (Å²) in [7, 11) is -4.20. The van der Waals surface area contributed by atoms with Gasteiger partial charge in [0.15, 0.2) is 0 Å². The minimum atomic E-state index is -4.20. The van der Waals surface area contributed by atoms with Gasteiger partial charge in [-0.15, -0.1) is 0 Å². The van der Waals surface area contributed by atoms with Gasteiger partial charge in [-0.2, -0.15) is 0 Å². The van der Waals surface area contributed by atoms with Crippen molar-refractivity contribution in [3.8, 4) is 0 Å². The summed E-state index contributed by atoms with van der Waals surface area (Å²) >= 11 is 0. The van der Waals surface area contributed by atoms with Crippen LogP contribution in [0.1, 0.15) is 58.8 Å². The normalized spacial score (nSPS) is 15.1. The first-order valence-electron chi connectivity index (χ1n) is 6.04. The van der Waals surface area contributed by atoms with Crippen LogP contribution in [0.4, 0.5) is 0 Å². The topological polar surface area (TPSA) is 77.4 Å². The maximum Gasteiger partial charge on any atom is 1.00 e. The van der Waals surface area contributed by atoms with Crippen LogP contribution < -0.4 is 29.6 Å². The van der Waals surface area contributed by atoms with Crippen LogP contribution in [-0.4, -0.2) is 29.4 Å². The summed E-state index contributed by atoms with van der Waals surface area (Å²) in [6.07, 6.45) is 3.93. The Morgan fingerprint density at radius 1 is 1.06 bits per heavy atom. The number of unbranched alkanes of at least 4 members (excludes halogenated alkanes) is 1. The Balaban J connectivity index is 0. The molecule has 0 aromatic carbocycles. The Morgan fingerprint density at radius 2 is 1.65 bits per heavy atom. The molecule has 98 valence electrons. The van der Waals surface area contributed by atoms with Gasteiger partial charge in [0, 0.05) is 5.25 Å². The first-order valence-corrected chi connectivity index (χ1v) is 7.51. The van der Waals surface area contributed by atoms with E-state index >= 15 is 0 Å². The Morgan fingerprint density at radius 3 is 2.06 bits per heavy atom.